The Morgan fingerprint density at radius 1 is 1.24 bits per heavy atom. The number of aromatic nitrogens is 1. The van der Waals surface area contributed by atoms with E-state index >= 15 is 0 Å². The van der Waals surface area contributed by atoms with E-state index in [1.807, 2.05) is 62.6 Å². The monoisotopic (exact) mass is 358 g/mol. The summed E-state index contributed by atoms with van der Waals surface area (Å²) in [4.78, 5) is 16.1. The first kappa shape index (κ1) is 17.5. The largest absolute Gasteiger partial charge is 0.490 e. The maximum atomic E-state index is 11.7. The summed E-state index contributed by atoms with van der Waals surface area (Å²) in [5.74, 6) is 0.914. The molecule has 1 aromatic heterocycles. The molecule has 0 bridgehead atoms. The van der Waals surface area contributed by atoms with Crippen LogP contribution in [0.25, 0.3) is 12.2 Å². The normalized spacial score (nSPS) is 14.5. The molecule has 1 amide bonds. The van der Waals surface area contributed by atoms with Crippen molar-refractivity contribution < 1.29 is 14.3 Å². The third-order valence-corrected chi connectivity index (χ3v) is 4.06. The zero-order valence-electron chi connectivity index (χ0n) is 14.6. The molecule has 1 aromatic carbocycles. The molecule has 0 spiro atoms. The number of thiazole rings is 1. The van der Waals surface area contributed by atoms with Crippen molar-refractivity contribution in [2.24, 2.45) is 0 Å². The lowest BCUT2D eigenvalue weighted by molar-refractivity contribution is 0.0636. The maximum absolute atomic E-state index is 11.7. The van der Waals surface area contributed by atoms with Crippen LogP contribution < -0.4 is 10.1 Å². The molecule has 3 rings (SSSR count). The summed E-state index contributed by atoms with van der Waals surface area (Å²) in [5.41, 5.74) is 1.33. The standard InChI is InChI=1S/C19H22N2O3S/c1-19(2,3)24-18(22)21-17-20-14(12-25-17)7-4-13-5-8-15(9-6-13)23-16-10-11-16/h4-9,12,16H,10-11H2,1-3H3,(H,20,21,22)/b7-4+. The average Bonchev–Trinajstić information content (AvgIpc) is 3.22. The average molecular weight is 358 g/mol. The highest BCUT2D eigenvalue weighted by molar-refractivity contribution is 7.14. The van der Waals surface area contributed by atoms with Crippen molar-refractivity contribution in [3.63, 3.8) is 0 Å². The van der Waals surface area contributed by atoms with E-state index in [2.05, 4.69) is 10.3 Å². The number of rotatable bonds is 5. The van der Waals surface area contributed by atoms with Crippen LogP contribution in [0.15, 0.2) is 29.6 Å². The van der Waals surface area contributed by atoms with Crippen LogP contribution in [-0.2, 0) is 4.74 Å². The van der Waals surface area contributed by atoms with E-state index in [9.17, 15) is 4.79 Å². The molecule has 5 nitrogen and oxygen atoms in total. The summed E-state index contributed by atoms with van der Waals surface area (Å²) in [6.07, 6.45) is 6.12. The number of hydrogen-bond donors (Lipinski definition) is 1. The summed E-state index contributed by atoms with van der Waals surface area (Å²) < 4.78 is 10.9. The molecule has 6 heteroatoms. The first-order chi connectivity index (χ1) is 11.9. The first-order valence-electron chi connectivity index (χ1n) is 8.28. The van der Waals surface area contributed by atoms with Gasteiger partial charge in [-0.3, -0.25) is 5.32 Å². The van der Waals surface area contributed by atoms with Crippen molar-refractivity contribution >= 4 is 34.7 Å². The molecule has 1 N–H and O–H groups in total. The second kappa shape index (κ2) is 7.27. The topological polar surface area (TPSA) is 60.5 Å². The molecular weight excluding hydrogens is 336 g/mol. The van der Waals surface area contributed by atoms with E-state index in [1.54, 1.807) is 0 Å². The smallest absolute Gasteiger partial charge is 0.413 e. The first-order valence-corrected chi connectivity index (χ1v) is 9.16. The lowest BCUT2D eigenvalue weighted by Gasteiger charge is -2.18. The number of hydrogen-bond acceptors (Lipinski definition) is 5. The molecule has 0 unspecified atom stereocenters. The van der Waals surface area contributed by atoms with Gasteiger partial charge in [0.25, 0.3) is 0 Å². The minimum absolute atomic E-state index is 0.410. The summed E-state index contributed by atoms with van der Waals surface area (Å²) in [7, 11) is 0. The molecule has 0 saturated heterocycles. The van der Waals surface area contributed by atoms with Gasteiger partial charge in [-0.15, -0.1) is 11.3 Å². The Bertz CT molecular complexity index is 756. The molecule has 1 heterocycles. The van der Waals surface area contributed by atoms with Crippen molar-refractivity contribution in [1.29, 1.82) is 0 Å². The minimum Gasteiger partial charge on any atom is -0.490 e. The number of carbonyl (C=O) groups excluding carboxylic acids is 1. The molecule has 1 aliphatic rings. The van der Waals surface area contributed by atoms with Gasteiger partial charge in [-0.05, 0) is 57.4 Å². The highest BCUT2D eigenvalue weighted by Crippen LogP contribution is 2.27. The van der Waals surface area contributed by atoms with Crippen LogP contribution in [0.5, 0.6) is 5.75 Å². The molecule has 0 atom stereocenters. The fourth-order valence-corrected chi connectivity index (χ4v) is 2.69. The number of ether oxygens (including phenoxy) is 2. The Morgan fingerprint density at radius 3 is 2.60 bits per heavy atom. The van der Waals surface area contributed by atoms with Crippen molar-refractivity contribution in [1.82, 2.24) is 4.98 Å². The van der Waals surface area contributed by atoms with Crippen molar-refractivity contribution in [3.05, 3.63) is 40.9 Å². The van der Waals surface area contributed by atoms with Gasteiger partial charge >= 0.3 is 6.09 Å². The van der Waals surface area contributed by atoms with Crippen LogP contribution in [0.4, 0.5) is 9.93 Å². The second-order valence-corrected chi connectivity index (χ2v) is 7.78. The van der Waals surface area contributed by atoms with Gasteiger partial charge in [0, 0.05) is 5.38 Å². The van der Waals surface area contributed by atoms with Gasteiger partial charge in [-0.1, -0.05) is 18.2 Å². The Hall–Kier alpha value is -2.34. The van der Waals surface area contributed by atoms with Gasteiger partial charge in [0.1, 0.15) is 11.4 Å². The molecule has 1 fully saturated rings. The molecule has 25 heavy (non-hydrogen) atoms. The Balaban J connectivity index is 1.55. The molecule has 1 saturated carbocycles. The van der Waals surface area contributed by atoms with E-state index < -0.39 is 11.7 Å². The SMILES string of the molecule is CC(C)(C)OC(=O)Nc1nc(/C=C/c2ccc(OC3CC3)cc2)cs1. The fraction of sp³-hybridized carbons (Fsp3) is 0.368. The Morgan fingerprint density at radius 2 is 1.96 bits per heavy atom. The van der Waals surface area contributed by atoms with Crippen LogP contribution in [-0.4, -0.2) is 22.8 Å². The Labute approximate surface area is 151 Å². The van der Waals surface area contributed by atoms with Crippen LogP contribution in [0.1, 0.15) is 44.9 Å². The second-order valence-electron chi connectivity index (χ2n) is 6.92. The number of nitrogens with one attached hydrogen (secondary N) is 1. The summed E-state index contributed by atoms with van der Waals surface area (Å²) >= 11 is 1.36. The molecule has 2 aromatic rings. The summed E-state index contributed by atoms with van der Waals surface area (Å²) in [6.45, 7) is 5.47. The van der Waals surface area contributed by atoms with E-state index in [4.69, 9.17) is 9.47 Å². The molecule has 1 aliphatic carbocycles. The van der Waals surface area contributed by atoms with Crippen LogP contribution in [0, 0.1) is 0 Å². The zero-order chi connectivity index (χ0) is 17.9. The van der Waals surface area contributed by atoms with Crippen LogP contribution >= 0.6 is 11.3 Å². The molecule has 132 valence electrons. The van der Waals surface area contributed by atoms with E-state index in [0.717, 1.165) is 29.8 Å². The van der Waals surface area contributed by atoms with Crippen molar-refractivity contribution in [2.45, 2.75) is 45.3 Å². The van der Waals surface area contributed by atoms with Crippen molar-refractivity contribution in [3.8, 4) is 5.75 Å². The van der Waals surface area contributed by atoms with E-state index in [-0.39, 0.29) is 0 Å². The van der Waals surface area contributed by atoms with Gasteiger partial charge in [-0.25, -0.2) is 9.78 Å². The predicted molar refractivity (Wildman–Crippen MR) is 101 cm³/mol. The summed E-state index contributed by atoms with van der Waals surface area (Å²) in [5, 5.41) is 5.04. The maximum Gasteiger partial charge on any atom is 0.413 e. The molecule has 0 aliphatic heterocycles. The fourth-order valence-electron chi connectivity index (χ4n) is 2.03. The van der Waals surface area contributed by atoms with Gasteiger partial charge < -0.3 is 9.47 Å². The highest BCUT2D eigenvalue weighted by Gasteiger charge is 2.23. The third-order valence-electron chi connectivity index (χ3n) is 3.28. The van der Waals surface area contributed by atoms with Gasteiger partial charge in [0.2, 0.25) is 0 Å². The summed E-state index contributed by atoms with van der Waals surface area (Å²) in [6, 6.07) is 7.99. The quantitative estimate of drug-likeness (QED) is 0.798. The van der Waals surface area contributed by atoms with E-state index in [0.29, 0.717) is 11.2 Å². The lowest BCUT2D eigenvalue weighted by Crippen LogP contribution is -2.27. The van der Waals surface area contributed by atoms with Crippen molar-refractivity contribution in [2.75, 3.05) is 5.32 Å². The van der Waals surface area contributed by atoms with E-state index in [1.165, 1.54) is 11.3 Å². The molecular formula is C19H22N2O3S. The van der Waals surface area contributed by atoms with Gasteiger partial charge in [-0.2, -0.15) is 0 Å². The van der Waals surface area contributed by atoms with Gasteiger partial charge in [0.15, 0.2) is 5.13 Å². The van der Waals surface area contributed by atoms with Gasteiger partial charge in [0.05, 0.1) is 11.8 Å². The number of carbonyl (C=O) groups is 1. The number of benzene rings is 1. The van der Waals surface area contributed by atoms with Crippen LogP contribution in [0.3, 0.4) is 0 Å². The zero-order valence-corrected chi connectivity index (χ0v) is 15.4. The number of amides is 1. The minimum atomic E-state index is -0.528. The predicted octanol–water partition coefficient (Wildman–Crippen LogP) is 5.20. The lowest BCUT2D eigenvalue weighted by atomic mass is 10.2. The molecule has 0 radical (unpaired) electrons. The number of nitrogens with zero attached hydrogens (tertiary/aromatic N) is 1. The van der Waals surface area contributed by atoms with Crippen LogP contribution in [0.2, 0.25) is 0 Å². The number of anilines is 1. The highest BCUT2D eigenvalue weighted by atomic mass is 32.1. The Kier molecular flexibility index (Phi) is 5.08. The third kappa shape index (κ3) is 5.90.